The van der Waals surface area contributed by atoms with Gasteiger partial charge in [0.05, 0.1) is 24.2 Å². The smallest absolute Gasteiger partial charge is 0.274 e. The molecule has 7 heteroatoms. The molecule has 1 aliphatic rings. The predicted molar refractivity (Wildman–Crippen MR) is 93.9 cm³/mol. The number of nitro groups is 1. The Morgan fingerprint density at radius 2 is 1.92 bits per heavy atom. The highest BCUT2D eigenvalue weighted by atomic mass is 16.6. The van der Waals surface area contributed by atoms with E-state index >= 15 is 0 Å². The Bertz CT molecular complexity index is 784. The molecule has 0 saturated carbocycles. The monoisotopic (exact) mass is 339 g/mol. The number of amides is 1. The van der Waals surface area contributed by atoms with E-state index in [1.807, 2.05) is 24.4 Å². The van der Waals surface area contributed by atoms with Gasteiger partial charge in [-0.15, -0.1) is 0 Å². The Balaban J connectivity index is 1.58. The summed E-state index contributed by atoms with van der Waals surface area (Å²) in [5.74, 6) is 0.963. The molecule has 25 heavy (non-hydrogen) atoms. The van der Waals surface area contributed by atoms with E-state index in [1.165, 1.54) is 18.2 Å². The van der Waals surface area contributed by atoms with Gasteiger partial charge in [0, 0.05) is 24.3 Å². The molecule has 1 amide bonds. The van der Waals surface area contributed by atoms with Gasteiger partial charge in [-0.25, -0.2) is 4.98 Å². The third kappa shape index (κ3) is 4.20. The normalized spacial score (nSPS) is 14.7. The fourth-order valence-corrected chi connectivity index (χ4v) is 2.76. The first-order chi connectivity index (χ1) is 12.1. The number of nitro benzene ring substituents is 1. The van der Waals surface area contributed by atoms with Gasteiger partial charge in [0.2, 0.25) is 5.91 Å². The SMILES string of the molecule is O=C(/C=C/c1cccc([N+](=O)[O-])c1)N1CCN(c2cccc[nH+]2)CC1. The quantitative estimate of drug-likeness (QED) is 0.483. The zero-order chi connectivity index (χ0) is 17.6. The summed E-state index contributed by atoms with van der Waals surface area (Å²) < 4.78 is 0. The number of hydrogen-bond acceptors (Lipinski definition) is 4. The molecule has 1 saturated heterocycles. The molecule has 0 unspecified atom stereocenters. The zero-order valence-corrected chi connectivity index (χ0v) is 13.7. The summed E-state index contributed by atoms with van der Waals surface area (Å²) in [5, 5.41) is 10.8. The first-order valence-corrected chi connectivity index (χ1v) is 8.06. The second-order valence-corrected chi connectivity index (χ2v) is 5.75. The molecule has 1 aromatic carbocycles. The number of carbonyl (C=O) groups is 1. The van der Waals surface area contributed by atoms with Crippen LogP contribution >= 0.6 is 0 Å². The van der Waals surface area contributed by atoms with E-state index in [-0.39, 0.29) is 11.6 Å². The zero-order valence-electron chi connectivity index (χ0n) is 13.7. The number of anilines is 1. The van der Waals surface area contributed by atoms with Crippen molar-refractivity contribution in [2.45, 2.75) is 0 Å². The molecule has 0 bridgehead atoms. The Morgan fingerprint density at radius 1 is 1.12 bits per heavy atom. The average molecular weight is 339 g/mol. The average Bonchev–Trinajstić information content (AvgIpc) is 2.67. The minimum Gasteiger partial charge on any atom is -0.331 e. The lowest BCUT2D eigenvalue weighted by atomic mass is 10.2. The van der Waals surface area contributed by atoms with Gasteiger partial charge in [-0.3, -0.25) is 19.8 Å². The molecule has 0 aliphatic carbocycles. The van der Waals surface area contributed by atoms with Crippen molar-refractivity contribution in [2.75, 3.05) is 31.1 Å². The predicted octanol–water partition coefficient (Wildman–Crippen LogP) is 1.77. The van der Waals surface area contributed by atoms with Crippen LogP contribution in [-0.2, 0) is 4.79 Å². The van der Waals surface area contributed by atoms with Crippen LogP contribution in [0.3, 0.4) is 0 Å². The number of rotatable bonds is 4. The Labute approximate surface area is 145 Å². The van der Waals surface area contributed by atoms with Crippen LogP contribution in [0.2, 0.25) is 0 Å². The number of aromatic amines is 1. The van der Waals surface area contributed by atoms with Crippen LogP contribution in [0, 0.1) is 10.1 Å². The summed E-state index contributed by atoms with van der Waals surface area (Å²) in [6, 6.07) is 12.1. The van der Waals surface area contributed by atoms with E-state index < -0.39 is 4.92 Å². The van der Waals surface area contributed by atoms with Crippen LogP contribution in [0.4, 0.5) is 11.5 Å². The lowest BCUT2D eigenvalue weighted by molar-refractivity contribution is -0.384. The highest BCUT2D eigenvalue weighted by molar-refractivity contribution is 5.92. The molecule has 7 nitrogen and oxygen atoms in total. The van der Waals surface area contributed by atoms with Crippen molar-refractivity contribution in [1.82, 2.24) is 4.90 Å². The number of carbonyl (C=O) groups excluding carboxylic acids is 1. The van der Waals surface area contributed by atoms with E-state index in [0.717, 1.165) is 18.9 Å². The lowest BCUT2D eigenvalue weighted by Crippen LogP contribution is -2.49. The first kappa shape index (κ1) is 16.6. The Morgan fingerprint density at radius 3 is 2.60 bits per heavy atom. The van der Waals surface area contributed by atoms with Crippen LogP contribution < -0.4 is 9.88 Å². The van der Waals surface area contributed by atoms with Gasteiger partial charge in [-0.1, -0.05) is 18.2 Å². The van der Waals surface area contributed by atoms with Gasteiger partial charge >= 0.3 is 0 Å². The second kappa shape index (κ2) is 7.57. The van der Waals surface area contributed by atoms with Crippen molar-refractivity contribution >= 4 is 23.5 Å². The number of nitrogens with one attached hydrogen (secondary N) is 1. The highest BCUT2D eigenvalue weighted by Crippen LogP contribution is 2.15. The van der Waals surface area contributed by atoms with Crippen molar-refractivity contribution in [3.63, 3.8) is 0 Å². The summed E-state index contributed by atoms with van der Waals surface area (Å²) in [5.41, 5.74) is 0.655. The number of benzene rings is 1. The molecule has 1 N–H and O–H groups in total. The highest BCUT2D eigenvalue weighted by Gasteiger charge is 2.24. The summed E-state index contributed by atoms with van der Waals surface area (Å²) in [7, 11) is 0. The lowest BCUT2D eigenvalue weighted by Gasteiger charge is -2.30. The maximum Gasteiger partial charge on any atom is 0.274 e. The second-order valence-electron chi connectivity index (χ2n) is 5.75. The number of piperazine rings is 1. The minimum atomic E-state index is -0.445. The van der Waals surface area contributed by atoms with Gasteiger partial charge < -0.3 is 4.90 Å². The molecule has 2 aromatic rings. The van der Waals surface area contributed by atoms with Gasteiger partial charge in [0.15, 0.2) is 0 Å². The van der Waals surface area contributed by atoms with E-state index in [2.05, 4.69) is 9.88 Å². The maximum atomic E-state index is 12.3. The van der Waals surface area contributed by atoms with E-state index in [1.54, 1.807) is 23.1 Å². The standard InChI is InChI=1S/C18H18N4O3/c23-18(8-7-15-4-3-5-16(14-15)22(24)25)21-12-10-20(11-13-21)17-6-1-2-9-19-17/h1-9,14H,10-13H2/p+1/b8-7+. The third-order valence-corrected chi connectivity index (χ3v) is 4.12. The van der Waals surface area contributed by atoms with Crippen molar-refractivity contribution in [3.8, 4) is 0 Å². The summed E-state index contributed by atoms with van der Waals surface area (Å²) >= 11 is 0. The van der Waals surface area contributed by atoms with Crippen LogP contribution in [0.1, 0.15) is 5.56 Å². The molecule has 1 aliphatic heterocycles. The molecule has 1 aromatic heterocycles. The third-order valence-electron chi connectivity index (χ3n) is 4.12. The van der Waals surface area contributed by atoms with Crippen LogP contribution in [-0.4, -0.2) is 41.9 Å². The number of nitrogens with zero attached hydrogens (tertiary/aromatic N) is 3. The van der Waals surface area contributed by atoms with E-state index in [0.29, 0.717) is 18.7 Å². The van der Waals surface area contributed by atoms with Crippen LogP contribution in [0.5, 0.6) is 0 Å². The van der Waals surface area contributed by atoms with Crippen molar-refractivity contribution < 1.29 is 14.7 Å². The molecule has 0 radical (unpaired) electrons. The maximum absolute atomic E-state index is 12.3. The number of aromatic nitrogens is 1. The number of non-ortho nitro benzene ring substituents is 1. The molecule has 0 spiro atoms. The molecular formula is C18H19N4O3+. The summed E-state index contributed by atoms with van der Waals surface area (Å²) in [6.45, 7) is 2.80. The molecule has 2 heterocycles. The molecule has 128 valence electrons. The molecular weight excluding hydrogens is 320 g/mol. The van der Waals surface area contributed by atoms with Gasteiger partial charge in [0.25, 0.3) is 11.5 Å². The van der Waals surface area contributed by atoms with Gasteiger partial charge in [-0.2, -0.15) is 0 Å². The van der Waals surface area contributed by atoms with Crippen molar-refractivity contribution in [3.05, 3.63) is 70.4 Å². The van der Waals surface area contributed by atoms with Crippen molar-refractivity contribution in [1.29, 1.82) is 0 Å². The largest absolute Gasteiger partial charge is 0.331 e. The Kier molecular flexibility index (Phi) is 5.03. The minimum absolute atomic E-state index is 0.0160. The fourth-order valence-electron chi connectivity index (χ4n) is 2.76. The van der Waals surface area contributed by atoms with E-state index in [9.17, 15) is 14.9 Å². The first-order valence-electron chi connectivity index (χ1n) is 8.06. The molecule has 1 fully saturated rings. The molecule has 3 rings (SSSR count). The molecule has 0 atom stereocenters. The Hall–Kier alpha value is -3.22. The van der Waals surface area contributed by atoms with Gasteiger partial charge in [0.1, 0.15) is 13.1 Å². The number of H-pyrrole nitrogens is 1. The number of hydrogen-bond donors (Lipinski definition) is 0. The van der Waals surface area contributed by atoms with Crippen LogP contribution in [0.25, 0.3) is 6.08 Å². The summed E-state index contributed by atoms with van der Waals surface area (Å²) in [6.07, 6.45) is 4.98. The van der Waals surface area contributed by atoms with Gasteiger partial charge in [-0.05, 0) is 17.7 Å². The van der Waals surface area contributed by atoms with Crippen molar-refractivity contribution in [2.24, 2.45) is 0 Å². The fraction of sp³-hybridized carbons (Fsp3) is 0.222. The van der Waals surface area contributed by atoms with E-state index in [4.69, 9.17) is 0 Å². The topological polar surface area (TPSA) is 80.8 Å². The van der Waals surface area contributed by atoms with Crippen LogP contribution in [0.15, 0.2) is 54.7 Å². The number of pyridine rings is 1. The summed E-state index contributed by atoms with van der Waals surface area (Å²) in [4.78, 5) is 29.8.